The van der Waals surface area contributed by atoms with Crippen LogP contribution in [0.3, 0.4) is 0 Å². The van der Waals surface area contributed by atoms with Crippen molar-refractivity contribution in [3.63, 3.8) is 0 Å². The first kappa shape index (κ1) is 15.9. The van der Waals surface area contributed by atoms with Gasteiger partial charge < -0.3 is 11.1 Å². The number of nitrogens with one attached hydrogen (secondary N) is 1. The smallest absolute Gasteiger partial charge is 0.252 e. The van der Waals surface area contributed by atoms with E-state index in [1.165, 1.54) is 0 Å². The van der Waals surface area contributed by atoms with E-state index in [1.54, 1.807) is 19.1 Å². The number of primary amides is 1. The predicted molar refractivity (Wildman–Crippen MR) is 81.7 cm³/mol. The number of hydrogen-bond acceptors (Lipinski definition) is 2. The molecule has 102 valence electrons. The maximum atomic E-state index is 12.1. The second-order valence-electron chi connectivity index (χ2n) is 4.25. The van der Waals surface area contributed by atoms with E-state index in [1.807, 2.05) is 6.07 Å². The zero-order valence-electron chi connectivity index (χ0n) is 10.4. The minimum atomic E-state index is -0.747. The quantitative estimate of drug-likeness (QED) is 0.760. The van der Waals surface area contributed by atoms with Crippen LogP contribution in [-0.4, -0.2) is 17.9 Å². The number of nitrogens with two attached hydrogens (primary N) is 1. The lowest BCUT2D eigenvalue weighted by Gasteiger charge is -2.15. The fourth-order valence-electron chi connectivity index (χ4n) is 1.50. The topological polar surface area (TPSA) is 72.2 Å². The minimum Gasteiger partial charge on any atom is -0.368 e. The Balaban J connectivity index is 2.87. The van der Waals surface area contributed by atoms with Crippen LogP contribution in [0.1, 0.15) is 23.7 Å². The van der Waals surface area contributed by atoms with Crippen LogP contribution in [0.5, 0.6) is 0 Å². The lowest BCUT2D eigenvalue weighted by atomic mass is 10.1. The highest BCUT2D eigenvalue weighted by Crippen LogP contribution is 2.20. The summed E-state index contributed by atoms with van der Waals surface area (Å²) < 4.78 is 1.53. The van der Waals surface area contributed by atoms with E-state index in [-0.39, 0.29) is 5.91 Å². The number of carbonyl (C=O) groups excluding carboxylic acids is 2. The normalized spacial score (nSPS) is 11.7. The van der Waals surface area contributed by atoms with Gasteiger partial charge in [-0.3, -0.25) is 9.59 Å². The fraction of sp³-hybridized carbons (Fsp3) is 0.231. The zero-order chi connectivity index (χ0) is 14.6. The highest BCUT2D eigenvalue weighted by molar-refractivity contribution is 9.11. The maximum absolute atomic E-state index is 12.1. The molecule has 1 aromatic carbocycles. The third kappa shape index (κ3) is 5.16. The molecule has 0 aliphatic carbocycles. The Morgan fingerprint density at radius 3 is 2.26 bits per heavy atom. The Morgan fingerprint density at radius 1 is 1.32 bits per heavy atom. The summed E-state index contributed by atoms with van der Waals surface area (Å²) in [5.74, 6) is -0.933. The molecule has 1 rings (SSSR count). The molecule has 19 heavy (non-hydrogen) atoms. The van der Waals surface area contributed by atoms with Gasteiger partial charge in [0.05, 0.1) is 0 Å². The van der Waals surface area contributed by atoms with Gasteiger partial charge in [0.15, 0.2) is 0 Å². The highest BCUT2D eigenvalue weighted by atomic mass is 79.9. The molecule has 0 saturated carbocycles. The van der Waals surface area contributed by atoms with Gasteiger partial charge in [0.25, 0.3) is 5.91 Å². The Kier molecular flexibility index (Phi) is 5.75. The van der Waals surface area contributed by atoms with Crippen molar-refractivity contribution in [1.82, 2.24) is 5.32 Å². The number of halogens is 2. The van der Waals surface area contributed by atoms with Gasteiger partial charge in [-0.1, -0.05) is 37.4 Å². The summed E-state index contributed by atoms with van der Waals surface area (Å²) >= 11 is 6.60. The Bertz CT molecular complexity index is 509. The zero-order valence-corrected chi connectivity index (χ0v) is 13.5. The first-order valence-electron chi connectivity index (χ1n) is 5.50. The van der Waals surface area contributed by atoms with E-state index in [4.69, 9.17) is 5.73 Å². The molecular formula is C13H14Br2N2O2. The van der Waals surface area contributed by atoms with E-state index in [9.17, 15) is 9.59 Å². The van der Waals surface area contributed by atoms with E-state index >= 15 is 0 Å². The first-order valence-corrected chi connectivity index (χ1v) is 7.09. The van der Waals surface area contributed by atoms with Gasteiger partial charge >= 0.3 is 0 Å². The third-order valence-electron chi connectivity index (χ3n) is 2.33. The van der Waals surface area contributed by atoms with Gasteiger partial charge in [0.2, 0.25) is 5.91 Å². The molecule has 0 heterocycles. The molecule has 0 aliphatic heterocycles. The van der Waals surface area contributed by atoms with Gasteiger partial charge in [0, 0.05) is 14.5 Å². The summed E-state index contributed by atoms with van der Waals surface area (Å²) in [5, 5.41) is 2.60. The van der Waals surface area contributed by atoms with Crippen molar-refractivity contribution in [2.24, 2.45) is 5.73 Å². The van der Waals surface area contributed by atoms with E-state index in [0.717, 1.165) is 14.5 Å². The Hall–Kier alpha value is -1.14. The molecule has 4 nitrogen and oxygen atoms in total. The number of hydrogen-bond donors (Lipinski definition) is 2. The van der Waals surface area contributed by atoms with Gasteiger partial charge in [0.1, 0.15) is 6.04 Å². The first-order chi connectivity index (χ1) is 8.79. The van der Waals surface area contributed by atoms with Crippen molar-refractivity contribution in [2.75, 3.05) is 0 Å². The van der Waals surface area contributed by atoms with Crippen LogP contribution in [0.25, 0.3) is 0 Å². The van der Waals surface area contributed by atoms with Crippen LogP contribution in [0.15, 0.2) is 39.3 Å². The second-order valence-corrected chi connectivity index (χ2v) is 6.08. The summed E-state index contributed by atoms with van der Waals surface area (Å²) in [7, 11) is 0. The summed E-state index contributed by atoms with van der Waals surface area (Å²) in [5.41, 5.74) is 6.47. The lowest BCUT2D eigenvalue weighted by Crippen LogP contribution is -2.44. The molecule has 0 saturated heterocycles. The van der Waals surface area contributed by atoms with Gasteiger partial charge in [-0.2, -0.15) is 0 Å². The van der Waals surface area contributed by atoms with Crippen molar-refractivity contribution in [2.45, 2.75) is 19.4 Å². The van der Waals surface area contributed by atoms with Crippen LogP contribution < -0.4 is 11.1 Å². The van der Waals surface area contributed by atoms with Crippen molar-refractivity contribution < 1.29 is 9.59 Å². The van der Waals surface area contributed by atoms with Crippen molar-refractivity contribution in [3.05, 3.63) is 44.9 Å². The average Bonchev–Trinajstić information content (AvgIpc) is 2.25. The van der Waals surface area contributed by atoms with E-state index in [2.05, 4.69) is 43.8 Å². The lowest BCUT2D eigenvalue weighted by molar-refractivity contribution is -0.119. The molecule has 3 N–H and O–H groups in total. The number of carbonyl (C=O) groups is 2. The third-order valence-corrected chi connectivity index (χ3v) is 3.24. The van der Waals surface area contributed by atoms with Crippen LogP contribution in [0.2, 0.25) is 0 Å². The molecule has 6 heteroatoms. The molecule has 0 aromatic heterocycles. The summed E-state index contributed by atoms with van der Waals surface area (Å²) in [6.45, 7) is 5.49. The second kappa shape index (κ2) is 6.86. The maximum Gasteiger partial charge on any atom is 0.252 e. The van der Waals surface area contributed by atoms with Crippen LogP contribution in [0.4, 0.5) is 0 Å². The minimum absolute atomic E-state index is 0.330. The largest absolute Gasteiger partial charge is 0.368 e. The standard InChI is InChI=1S/C13H14Br2N2O2/c1-7(2)3-11(12(16)18)17-13(19)8-4-9(14)6-10(15)5-8/h4-6,11H,1,3H2,2H3,(H2,16,18)(H,17,19)/t11-/m0/s1. The predicted octanol–water partition coefficient (Wildman–Crippen LogP) is 2.76. The molecule has 0 unspecified atom stereocenters. The van der Waals surface area contributed by atoms with Crippen molar-refractivity contribution in [1.29, 1.82) is 0 Å². The van der Waals surface area contributed by atoms with Crippen molar-refractivity contribution in [3.8, 4) is 0 Å². The molecule has 0 aliphatic rings. The van der Waals surface area contributed by atoms with E-state index in [0.29, 0.717) is 12.0 Å². The molecule has 1 aromatic rings. The molecule has 1 atom stereocenters. The summed E-state index contributed by atoms with van der Waals surface area (Å²) in [6, 6.07) is 4.40. The van der Waals surface area contributed by atoms with Gasteiger partial charge in [-0.15, -0.1) is 6.58 Å². The molecule has 0 radical (unpaired) electrons. The molecule has 0 bridgehead atoms. The van der Waals surface area contributed by atoms with Gasteiger partial charge in [-0.25, -0.2) is 0 Å². The molecular weight excluding hydrogens is 376 g/mol. The Morgan fingerprint density at radius 2 is 1.84 bits per heavy atom. The number of rotatable bonds is 5. The Labute approximate surface area is 128 Å². The highest BCUT2D eigenvalue weighted by Gasteiger charge is 2.19. The van der Waals surface area contributed by atoms with Crippen LogP contribution in [-0.2, 0) is 4.79 Å². The number of benzene rings is 1. The van der Waals surface area contributed by atoms with Crippen LogP contribution in [0, 0.1) is 0 Å². The summed E-state index contributed by atoms with van der Waals surface area (Å²) in [4.78, 5) is 23.3. The molecule has 2 amide bonds. The molecule has 0 fully saturated rings. The monoisotopic (exact) mass is 388 g/mol. The molecule has 0 spiro atoms. The van der Waals surface area contributed by atoms with Gasteiger partial charge in [-0.05, 0) is 31.5 Å². The number of amides is 2. The van der Waals surface area contributed by atoms with Crippen molar-refractivity contribution >= 4 is 43.7 Å². The average molecular weight is 390 g/mol. The van der Waals surface area contributed by atoms with E-state index < -0.39 is 11.9 Å². The van der Waals surface area contributed by atoms with Crippen LogP contribution >= 0.6 is 31.9 Å². The fourth-order valence-corrected chi connectivity index (χ4v) is 2.79. The summed E-state index contributed by atoms with van der Waals surface area (Å²) in [6.07, 6.45) is 0.330. The SMILES string of the molecule is C=C(C)C[C@H](NC(=O)c1cc(Br)cc(Br)c1)C(N)=O.